The van der Waals surface area contributed by atoms with E-state index in [0.717, 1.165) is 5.56 Å². The van der Waals surface area contributed by atoms with Crippen LogP contribution in [0.2, 0.25) is 0 Å². The van der Waals surface area contributed by atoms with Gasteiger partial charge >= 0.3 is 0 Å². The third kappa shape index (κ3) is 4.33. The molecule has 1 unspecified atom stereocenters. The molecular weight excluding hydrogens is 322 g/mol. The van der Waals surface area contributed by atoms with Crippen molar-refractivity contribution in [3.05, 3.63) is 109 Å². The zero-order valence-electron chi connectivity index (χ0n) is 14.3. The van der Waals surface area contributed by atoms with Crippen LogP contribution in [-0.2, 0) is 9.53 Å². The quantitative estimate of drug-likeness (QED) is 0.636. The van der Waals surface area contributed by atoms with Gasteiger partial charge in [-0.15, -0.1) is 0 Å². The van der Waals surface area contributed by atoms with Crippen molar-refractivity contribution in [2.45, 2.75) is 6.10 Å². The van der Waals surface area contributed by atoms with E-state index in [1.165, 1.54) is 11.1 Å². The van der Waals surface area contributed by atoms with Crippen LogP contribution in [0.3, 0.4) is 0 Å². The van der Waals surface area contributed by atoms with Gasteiger partial charge in [-0.2, -0.15) is 0 Å². The molecule has 0 spiro atoms. The number of carbonyl (C=O) groups excluding carboxylic acids is 1. The molecule has 3 aromatic rings. The highest BCUT2D eigenvalue weighted by Crippen LogP contribution is 2.18. The Balaban J connectivity index is 0.000000152. The molecular formula is C23H19NO2. The fourth-order valence-corrected chi connectivity index (χ4v) is 2.49. The second-order valence-corrected chi connectivity index (χ2v) is 5.68. The van der Waals surface area contributed by atoms with Crippen molar-refractivity contribution in [1.82, 2.24) is 0 Å². The molecule has 3 nitrogen and oxygen atoms in total. The minimum Gasteiger partial charge on any atom is -0.460 e. The highest BCUT2D eigenvalue weighted by atomic mass is 16.5. The lowest BCUT2D eigenvalue weighted by Gasteiger charge is -2.03. The van der Waals surface area contributed by atoms with Crippen molar-refractivity contribution >= 4 is 12.2 Å². The molecule has 26 heavy (non-hydrogen) atoms. The highest BCUT2D eigenvalue weighted by molar-refractivity contribution is 5.98. The summed E-state index contributed by atoms with van der Waals surface area (Å²) in [7, 11) is 0. The Hall–Kier alpha value is -3.46. The number of carbonyl (C=O) groups is 1. The Morgan fingerprint density at radius 2 is 1.15 bits per heavy atom. The molecule has 0 aromatic heterocycles. The maximum absolute atomic E-state index is 10.5. The summed E-state index contributed by atoms with van der Waals surface area (Å²) in [5.74, 6) is 0.465. The Labute approximate surface area is 153 Å². The third-order valence-corrected chi connectivity index (χ3v) is 3.84. The van der Waals surface area contributed by atoms with Crippen molar-refractivity contribution < 1.29 is 9.53 Å². The molecule has 0 N–H and O–H groups in total. The second kappa shape index (κ2) is 8.58. The fourth-order valence-electron chi connectivity index (χ4n) is 2.49. The van der Waals surface area contributed by atoms with E-state index < -0.39 is 6.10 Å². The average Bonchev–Trinajstić information content (AvgIpc) is 3.11. The summed E-state index contributed by atoms with van der Waals surface area (Å²) in [5, 5.41) is 0. The van der Waals surface area contributed by atoms with E-state index in [9.17, 15) is 4.79 Å². The number of ether oxygens (including phenoxy) is 1. The first-order valence-corrected chi connectivity index (χ1v) is 8.33. The first-order valence-electron chi connectivity index (χ1n) is 8.33. The Morgan fingerprint density at radius 3 is 1.54 bits per heavy atom. The van der Waals surface area contributed by atoms with Crippen molar-refractivity contribution in [3.8, 4) is 11.1 Å². The van der Waals surface area contributed by atoms with Crippen LogP contribution in [-0.4, -0.2) is 18.3 Å². The lowest BCUT2D eigenvalue weighted by Crippen LogP contribution is -2.13. The minimum atomic E-state index is -0.620. The van der Waals surface area contributed by atoms with Crippen LogP contribution in [0.5, 0.6) is 0 Å². The van der Waals surface area contributed by atoms with Crippen molar-refractivity contribution in [1.29, 1.82) is 0 Å². The van der Waals surface area contributed by atoms with Crippen molar-refractivity contribution in [2.75, 3.05) is 0 Å². The zero-order valence-corrected chi connectivity index (χ0v) is 14.3. The lowest BCUT2D eigenvalue weighted by molar-refractivity contribution is -0.112. The van der Waals surface area contributed by atoms with E-state index in [-0.39, 0.29) is 0 Å². The number of aldehydes is 1. The van der Waals surface area contributed by atoms with Crippen molar-refractivity contribution in [2.24, 2.45) is 4.99 Å². The van der Waals surface area contributed by atoms with Crippen LogP contribution in [0.25, 0.3) is 11.1 Å². The van der Waals surface area contributed by atoms with Gasteiger partial charge in [0.15, 0.2) is 12.4 Å². The smallest absolute Gasteiger partial charge is 0.222 e. The maximum atomic E-state index is 10.5. The van der Waals surface area contributed by atoms with Crippen LogP contribution < -0.4 is 0 Å². The van der Waals surface area contributed by atoms with Gasteiger partial charge in [-0.3, -0.25) is 4.79 Å². The summed E-state index contributed by atoms with van der Waals surface area (Å²) in [6.07, 6.45) is 0.0760. The first kappa shape index (κ1) is 17.4. The SMILES string of the molecule is C=C1N=C(c2ccccc2)OC1C=O.c1ccc(-c2ccccc2)cc1. The maximum Gasteiger partial charge on any atom is 0.222 e. The molecule has 1 aliphatic heterocycles. The topological polar surface area (TPSA) is 38.7 Å². The van der Waals surface area contributed by atoms with Gasteiger partial charge in [0.1, 0.15) is 0 Å². The third-order valence-electron chi connectivity index (χ3n) is 3.84. The van der Waals surface area contributed by atoms with Gasteiger partial charge in [0.2, 0.25) is 5.90 Å². The molecule has 128 valence electrons. The molecule has 1 heterocycles. The molecule has 4 rings (SSSR count). The zero-order chi connectivity index (χ0) is 18.2. The number of nitrogens with zero attached hydrogens (tertiary/aromatic N) is 1. The lowest BCUT2D eigenvalue weighted by atomic mass is 10.1. The van der Waals surface area contributed by atoms with Gasteiger partial charge in [0, 0.05) is 5.56 Å². The van der Waals surface area contributed by atoms with Gasteiger partial charge in [-0.05, 0) is 23.3 Å². The summed E-state index contributed by atoms with van der Waals surface area (Å²) in [5.41, 5.74) is 3.87. The summed E-state index contributed by atoms with van der Waals surface area (Å²) in [6, 6.07) is 30.2. The van der Waals surface area contributed by atoms with Gasteiger partial charge in [0.05, 0.1) is 5.70 Å². The monoisotopic (exact) mass is 341 g/mol. The van der Waals surface area contributed by atoms with Crippen LogP contribution in [0.1, 0.15) is 5.56 Å². The summed E-state index contributed by atoms with van der Waals surface area (Å²) in [6.45, 7) is 3.64. The molecule has 0 saturated heterocycles. The molecule has 1 aliphatic rings. The molecule has 0 bridgehead atoms. The summed E-state index contributed by atoms with van der Waals surface area (Å²) < 4.78 is 5.29. The Kier molecular flexibility index (Phi) is 5.73. The number of hydrogen-bond acceptors (Lipinski definition) is 3. The Morgan fingerprint density at radius 1 is 0.731 bits per heavy atom. The standard InChI is InChI=1S/C12H10.C11H9NO2/c1-3-7-11(8-4-1)12-9-5-2-6-10-12;1-8-10(7-13)14-11(12-8)9-5-3-2-4-6-9/h1-10H;2-7,10H,1H2. The van der Waals surface area contributed by atoms with E-state index in [0.29, 0.717) is 17.9 Å². The molecule has 1 atom stereocenters. The molecule has 0 radical (unpaired) electrons. The van der Waals surface area contributed by atoms with E-state index >= 15 is 0 Å². The Bertz CT molecular complexity index is 850. The van der Waals surface area contributed by atoms with Crippen LogP contribution in [0.15, 0.2) is 108 Å². The predicted octanol–water partition coefficient (Wildman–Crippen LogP) is 4.90. The molecule has 3 heteroatoms. The van der Waals surface area contributed by atoms with Crippen LogP contribution in [0, 0.1) is 0 Å². The van der Waals surface area contributed by atoms with Crippen LogP contribution >= 0.6 is 0 Å². The normalized spacial score (nSPS) is 15.3. The largest absolute Gasteiger partial charge is 0.460 e. The van der Waals surface area contributed by atoms with Gasteiger partial charge < -0.3 is 4.74 Å². The number of rotatable bonds is 3. The van der Waals surface area contributed by atoms with E-state index in [1.54, 1.807) is 0 Å². The first-order chi connectivity index (χ1) is 12.8. The van der Waals surface area contributed by atoms with Gasteiger partial charge in [0.25, 0.3) is 0 Å². The second-order valence-electron chi connectivity index (χ2n) is 5.68. The number of benzene rings is 3. The number of aliphatic imine (C=N–C) groups is 1. The molecule has 3 aromatic carbocycles. The van der Waals surface area contributed by atoms with E-state index in [1.807, 2.05) is 42.5 Å². The van der Waals surface area contributed by atoms with Crippen molar-refractivity contribution in [3.63, 3.8) is 0 Å². The predicted molar refractivity (Wildman–Crippen MR) is 105 cm³/mol. The number of hydrogen-bond donors (Lipinski definition) is 0. The van der Waals surface area contributed by atoms with E-state index in [2.05, 4.69) is 60.1 Å². The van der Waals surface area contributed by atoms with Crippen LogP contribution in [0.4, 0.5) is 0 Å². The van der Waals surface area contributed by atoms with Gasteiger partial charge in [-0.25, -0.2) is 4.99 Å². The van der Waals surface area contributed by atoms with Gasteiger partial charge in [-0.1, -0.05) is 85.4 Å². The summed E-state index contributed by atoms with van der Waals surface area (Å²) in [4.78, 5) is 14.6. The highest BCUT2D eigenvalue weighted by Gasteiger charge is 2.23. The fraction of sp³-hybridized carbons (Fsp3) is 0.0435. The molecule has 0 fully saturated rings. The average molecular weight is 341 g/mol. The minimum absolute atomic E-state index is 0.457. The molecule has 0 amide bonds. The van der Waals surface area contributed by atoms with E-state index in [4.69, 9.17) is 4.74 Å². The summed E-state index contributed by atoms with van der Waals surface area (Å²) >= 11 is 0. The molecule has 0 aliphatic carbocycles. The molecule has 0 saturated carbocycles.